The average Bonchev–Trinajstić information content (AvgIpc) is 2.36. The molecule has 0 aliphatic rings. The molecule has 0 aromatic heterocycles. The molecule has 0 bridgehead atoms. The molecule has 0 aliphatic carbocycles. The van der Waals surface area contributed by atoms with Gasteiger partial charge in [-0.1, -0.05) is 50.6 Å². The Bertz CT molecular complexity index is 288. The molecule has 0 aromatic carbocycles. The molecule has 0 radical (unpaired) electrons. The summed E-state index contributed by atoms with van der Waals surface area (Å²) in [4.78, 5) is 2.32. The zero-order valence-electron chi connectivity index (χ0n) is 13.9. The van der Waals surface area contributed by atoms with E-state index in [0.29, 0.717) is 0 Å². The van der Waals surface area contributed by atoms with Crippen molar-refractivity contribution in [2.24, 2.45) is 0 Å². The Kier molecular flexibility index (Phi) is 14.6. The Morgan fingerprint density at radius 2 is 1.68 bits per heavy atom. The van der Waals surface area contributed by atoms with Crippen molar-refractivity contribution < 1.29 is 5.11 Å². The molecular formula is C17H33NO. The van der Waals surface area contributed by atoms with Gasteiger partial charge in [0.05, 0.1) is 6.10 Å². The van der Waals surface area contributed by atoms with E-state index in [2.05, 4.69) is 31.9 Å². The molecule has 112 valence electrons. The van der Waals surface area contributed by atoms with Crippen molar-refractivity contribution in [1.29, 1.82) is 0 Å². The number of aliphatic hydroxyl groups excluding tert-OH is 1. The number of hydrogen-bond acceptors (Lipinski definition) is 2. The minimum atomic E-state index is -0.361. The first-order valence-corrected chi connectivity index (χ1v) is 7.34. The lowest BCUT2D eigenvalue weighted by Crippen LogP contribution is -2.20. The van der Waals surface area contributed by atoms with E-state index in [9.17, 15) is 5.11 Å². The lowest BCUT2D eigenvalue weighted by atomic mass is 10.2. The van der Waals surface area contributed by atoms with Crippen LogP contribution in [0.25, 0.3) is 0 Å². The Morgan fingerprint density at radius 3 is 2.16 bits per heavy atom. The fourth-order valence-electron chi connectivity index (χ4n) is 1.51. The molecule has 1 atom stereocenters. The highest BCUT2D eigenvalue weighted by Gasteiger charge is 1.96. The van der Waals surface area contributed by atoms with Gasteiger partial charge in [0.25, 0.3) is 0 Å². The third-order valence-corrected chi connectivity index (χ3v) is 2.63. The summed E-state index contributed by atoms with van der Waals surface area (Å²) < 4.78 is 0. The average molecular weight is 267 g/mol. The van der Waals surface area contributed by atoms with Crippen LogP contribution in [0.1, 0.15) is 48.0 Å². The summed E-state index contributed by atoms with van der Waals surface area (Å²) in [5, 5.41) is 9.28. The van der Waals surface area contributed by atoms with Crippen LogP contribution in [0.3, 0.4) is 0 Å². The first kappa shape index (κ1) is 20.5. The summed E-state index contributed by atoms with van der Waals surface area (Å²) in [7, 11) is 2.14. The Morgan fingerprint density at radius 1 is 1.16 bits per heavy atom. The normalized spacial score (nSPS) is 14.6. The van der Waals surface area contributed by atoms with Crippen LogP contribution in [0.4, 0.5) is 0 Å². The van der Waals surface area contributed by atoms with Crippen molar-refractivity contribution in [2.75, 3.05) is 20.1 Å². The quantitative estimate of drug-likeness (QED) is 0.699. The van der Waals surface area contributed by atoms with Crippen molar-refractivity contribution in [3.63, 3.8) is 0 Å². The van der Waals surface area contributed by atoms with E-state index in [0.717, 1.165) is 18.7 Å². The van der Waals surface area contributed by atoms with Gasteiger partial charge in [-0.2, -0.15) is 0 Å². The van der Waals surface area contributed by atoms with Crippen LogP contribution in [0.15, 0.2) is 35.5 Å². The molecule has 2 heteroatoms. The van der Waals surface area contributed by atoms with Crippen molar-refractivity contribution >= 4 is 0 Å². The second-order valence-electron chi connectivity index (χ2n) is 4.72. The Labute approximate surface area is 120 Å². The van der Waals surface area contributed by atoms with Crippen molar-refractivity contribution in [1.82, 2.24) is 4.90 Å². The van der Waals surface area contributed by atoms with Crippen LogP contribution in [0.5, 0.6) is 0 Å². The molecule has 0 amide bonds. The lowest BCUT2D eigenvalue weighted by molar-refractivity contribution is 0.231. The summed E-state index contributed by atoms with van der Waals surface area (Å²) in [6.07, 6.45) is 8.91. The van der Waals surface area contributed by atoms with Crippen LogP contribution in [0.2, 0.25) is 0 Å². The summed E-state index contributed by atoms with van der Waals surface area (Å²) >= 11 is 0. The zero-order chi connectivity index (χ0) is 15.3. The Hall–Kier alpha value is -0.860. The smallest absolute Gasteiger partial charge is 0.0722 e. The molecule has 0 rings (SSSR count). The van der Waals surface area contributed by atoms with E-state index < -0.39 is 0 Å². The number of aliphatic hydroxyl groups is 1. The molecular weight excluding hydrogens is 234 g/mol. The van der Waals surface area contributed by atoms with Crippen LogP contribution >= 0.6 is 0 Å². The van der Waals surface area contributed by atoms with Gasteiger partial charge in [-0.05, 0) is 46.4 Å². The highest BCUT2D eigenvalue weighted by atomic mass is 16.3. The molecule has 2 nitrogen and oxygen atoms in total. The first-order chi connectivity index (χ1) is 8.97. The van der Waals surface area contributed by atoms with Crippen molar-refractivity contribution in [3.05, 3.63) is 35.5 Å². The van der Waals surface area contributed by atoms with Crippen molar-refractivity contribution in [2.45, 2.75) is 54.1 Å². The van der Waals surface area contributed by atoms with E-state index >= 15 is 0 Å². The highest BCUT2D eigenvalue weighted by Crippen LogP contribution is 2.01. The first-order valence-electron chi connectivity index (χ1n) is 7.34. The second-order valence-corrected chi connectivity index (χ2v) is 4.72. The largest absolute Gasteiger partial charge is 0.389 e. The summed E-state index contributed by atoms with van der Waals surface area (Å²) in [6.45, 7) is 14.2. The molecule has 0 saturated carbocycles. The maximum atomic E-state index is 9.28. The predicted octanol–water partition coefficient (Wildman–Crippen LogP) is 4.18. The van der Waals surface area contributed by atoms with Gasteiger partial charge in [0.1, 0.15) is 0 Å². The van der Waals surface area contributed by atoms with Gasteiger partial charge >= 0.3 is 0 Å². The van der Waals surface area contributed by atoms with Gasteiger partial charge < -0.3 is 10.0 Å². The molecule has 1 unspecified atom stereocenters. The van der Waals surface area contributed by atoms with Gasteiger partial charge in [0, 0.05) is 6.54 Å². The molecule has 0 heterocycles. The number of hydrogen-bond donors (Lipinski definition) is 1. The third-order valence-electron chi connectivity index (χ3n) is 2.63. The molecule has 0 saturated heterocycles. The van der Waals surface area contributed by atoms with E-state index in [-0.39, 0.29) is 6.10 Å². The Balaban J connectivity index is 0. The van der Waals surface area contributed by atoms with Gasteiger partial charge in [0.15, 0.2) is 0 Å². The number of nitrogens with zero attached hydrogens (tertiary/aromatic N) is 1. The molecule has 0 fully saturated rings. The van der Waals surface area contributed by atoms with E-state index in [1.54, 1.807) is 6.92 Å². The molecule has 19 heavy (non-hydrogen) atoms. The maximum absolute atomic E-state index is 9.28. The fraction of sp³-hybridized carbons (Fsp3) is 0.647. The van der Waals surface area contributed by atoms with Gasteiger partial charge in [-0.3, -0.25) is 0 Å². The van der Waals surface area contributed by atoms with E-state index in [4.69, 9.17) is 0 Å². The van der Waals surface area contributed by atoms with Gasteiger partial charge in [-0.15, -0.1) is 0 Å². The summed E-state index contributed by atoms with van der Waals surface area (Å²) in [5.41, 5.74) is 2.33. The summed E-state index contributed by atoms with van der Waals surface area (Å²) in [6, 6.07) is 0. The minimum Gasteiger partial charge on any atom is -0.389 e. The number of rotatable bonds is 7. The van der Waals surface area contributed by atoms with Crippen LogP contribution < -0.4 is 0 Å². The fourth-order valence-corrected chi connectivity index (χ4v) is 1.51. The monoisotopic (exact) mass is 267 g/mol. The molecule has 0 aromatic rings. The number of allylic oxidation sites excluding steroid dienone is 4. The van der Waals surface area contributed by atoms with Gasteiger partial charge in [0.2, 0.25) is 0 Å². The van der Waals surface area contributed by atoms with Crippen LogP contribution in [-0.4, -0.2) is 36.2 Å². The lowest BCUT2D eigenvalue weighted by Gasteiger charge is -2.15. The SMILES string of the molecule is CC.CCCN(C)C/C(C)=C/C=C\C=C(/C)C(C)O. The topological polar surface area (TPSA) is 23.5 Å². The molecule has 1 N–H and O–H groups in total. The standard InChI is InChI=1S/C15H27NO.C2H6/c1-6-11-16(5)12-13(2)9-7-8-10-14(3)15(4)17;1-2/h7-10,15,17H,6,11-12H2,1-5H3;1-2H3/b8-7-,13-9+,14-10+;. The minimum absolute atomic E-state index is 0.361. The number of likely N-dealkylation sites (N-methyl/N-ethyl adjacent to an activating group) is 1. The van der Waals surface area contributed by atoms with Crippen LogP contribution in [-0.2, 0) is 0 Å². The highest BCUT2D eigenvalue weighted by molar-refractivity contribution is 5.19. The summed E-state index contributed by atoms with van der Waals surface area (Å²) in [5.74, 6) is 0. The second kappa shape index (κ2) is 13.6. The third kappa shape index (κ3) is 13.4. The predicted molar refractivity (Wildman–Crippen MR) is 87.5 cm³/mol. The molecule has 0 spiro atoms. The maximum Gasteiger partial charge on any atom is 0.0722 e. The van der Waals surface area contributed by atoms with E-state index in [1.807, 2.05) is 39.0 Å². The van der Waals surface area contributed by atoms with Gasteiger partial charge in [-0.25, -0.2) is 0 Å². The molecule has 0 aliphatic heterocycles. The zero-order valence-corrected chi connectivity index (χ0v) is 13.9. The van der Waals surface area contributed by atoms with Crippen molar-refractivity contribution in [3.8, 4) is 0 Å². The van der Waals surface area contributed by atoms with Crippen LogP contribution in [0, 0.1) is 0 Å². The van der Waals surface area contributed by atoms with E-state index in [1.165, 1.54) is 12.0 Å².